The van der Waals surface area contributed by atoms with Gasteiger partial charge in [-0.05, 0) is 42.5 Å². The van der Waals surface area contributed by atoms with E-state index in [1.165, 1.54) is 12.1 Å². The normalized spacial score (nSPS) is 16.1. The third-order valence-corrected chi connectivity index (χ3v) is 7.04. The van der Waals surface area contributed by atoms with Crippen LogP contribution in [0.15, 0.2) is 47.8 Å². The fourth-order valence-electron chi connectivity index (χ4n) is 4.35. The number of aryl methyl sites for hydroxylation is 2. The summed E-state index contributed by atoms with van der Waals surface area (Å²) in [6.45, 7) is 0.845. The quantitative estimate of drug-likeness (QED) is 0.446. The van der Waals surface area contributed by atoms with E-state index in [4.69, 9.17) is 0 Å². The second-order valence-electron chi connectivity index (χ2n) is 8.40. The number of benzene rings is 1. The van der Waals surface area contributed by atoms with Crippen molar-refractivity contribution >= 4 is 21.6 Å². The fourth-order valence-corrected chi connectivity index (χ4v) is 5.61. The zero-order chi connectivity index (χ0) is 23.9. The highest BCUT2D eigenvalue weighted by Gasteiger charge is 2.31. The lowest BCUT2D eigenvalue weighted by molar-refractivity contribution is -0.274. The van der Waals surface area contributed by atoms with Crippen molar-refractivity contribution in [3.05, 3.63) is 74.9 Å². The van der Waals surface area contributed by atoms with E-state index in [-0.39, 0.29) is 17.4 Å². The Bertz CT molecular complexity index is 1390. The molecule has 0 bridgehead atoms. The van der Waals surface area contributed by atoms with E-state index >= 15 is 0 Å². The third-order valence-electron chi connectivity index (χ3n) is 5.87. The number of thiophene rings is 1. The highest BCUT2D eigenvalue weighted by molar-refractivity contribution is 7.18. The Balaban J connectivity index is 1.29. The van der Waals surface area contributed by atoms with E-state index in [2.05, 4.69) is 20.1 Å². The molecule has 1 N–H and O–H groups in total. The van der Waals surface area contributed by atoms with Crippen LogP contribution >= 0.6 is 11.3 Å². The van der Waals surface area contributed by atoms with Crippen LogP contribution in [0.25, 0.3) is 10.2 Å². The molecule has 1 aliphatic rings. The number of alkyl halides is 3. The Kier molecular flexibility index (Phi) is 5.90. The highest BCUT2D eigenvalue weighted by atomic mass is 32.1. The topological polar surface area (TPSA) is 74.0 Å². The number of hydrogen-bond acceptors (Lipinski definition) is 6. The first-order valence-electron chi connectivity index (χ1n) is 10.8. The number of rotatable bonds is 6. The Morgan fingerprint density at radius 1 is 1.29 bits per heavy atom. The van der Waals surface area contributed by atoms with E-state index in [0.717, 1.165) is 40.1 Å². The smallest absolute Gasteiger partial charge is 0.406 e. The van der Waals surface area contributed by atoms with Gasteiger partial charge in [0, 0.05) is 36.3 Å². The lowest BCUT2D eigenvalue weighted by Gasteiger charge is -2.23. The standard InChI is InChI=1S/C23H22F3N5O2S/c1-30-11-15(10-29-30)12-31-13-28-21-20(22(31)32)18-6-5-16(8-19(18)34-21)27-9-14-3-2-4-17(7-14)33-23(24,25)26/h2-4,7,10-11,13,16,27H,5-6,8-9,12H2,1H3/t16-/m1/s1. The summed E-state index contributed by atoms with van der Waals surface area (Å²) in [4.78, 5) is 19.6. The summed E-state index contributed by atoms with van der Waals surface area (Å²) in [7, 11) is 1.83. The molecule has 0 amide bonds. The van der Waals surface area contributed by atoms with E-state index < -0.39 is 6.36 Å². The average molecular weight is 490 g/mol. The number of fused-ring (bicyclic) bond motifs is 3. The molecule has 0 saturated carbocycles. The molecule has 178 valence electrons. The fraction of sp³-hybridized carbons (Fsp3) is 0.348. The molecular weight excluding hydrogens is 467 g/mol. The molecule has 11 heteroatoms. The SMILES string of the molecule is Cn1cc(Cn2cnc3sc4c(c3c2=O)CC[C@@H](NCc2cccc(OC(F)(F)F)c2)C4)cn1. The summed E-state index contributed by atoms with van der Waals surface area (Å²) in [5, 5.41) is 8.28. The number of nitrogens with zero attached hydrogens (tertiary/aromatic N) is 4. The van der Waals surface area contributed by atoms with Gasteiger partial charge in [-0.3, -0.25) is 14.0 Å². The molecule has 1 aromatic carbocycles. The van der Waals surface area contributed by atoms with Gasteiger partial charge in [-0.1, -0.05) is 12.1 Å². The minimum absolute atomic E-state index is 0.0424. The Morgan fingerprint density at radius 2 is 2.15 bits per heavy atom. The molecule has 0 aliphatic heterocycles. The molecule has 7 nitrogen and oxygen atoms in total. The first-order chi connectivity index (χ1) is 16.2. The minimum Gasteiger partial charge on any atom is -0.406 e. The van der Waals surface area contributed by atoms with Crippen molar-refractivity contribution in [3.8, 4) is 5.75 Å². The molecule has 34 heavy (non-hydrogen) atoms. The molecule has 0 radical (unpaired) electrons. The number of hydrogen-bond donors (Lipinski definition) is 1. The maximum atomic E-state index is 13.2. The zero-order valence-electron chi connectivity index (χ0n) is 18.3. The highest BCUT2D eigenvalue weighted by Crippen LogP contribution is 2.34. The van der Waals surface area contributed by atoms with Gasteiger partial charge in [0.15, 0.2) is 0 Å². The van der Waals surface area contributed by atoms with Crippen LogP contribution in [0.1, 0.15) is 28.0 Å². The van der Waals surface area contributed by atoms with Gasteiger partial charge < -0.3 is 10.1 Å². The van der Waals surface area contributed by atoms with Gasteiger partial charge in [-0.2, -0.15) is 5.10 Å². The summed E-state index contributed by atoms with van der Waals surface area (Å²) < 4.78 is 44.7. The third kappa shape index (κ3) is 4.85. The lowest BCUT2D eigenvalue weighted by atomic mass is 9.93. The van der Waals surface area contributed by atoms with Crippen LogP contribution in [-0.4, -0.2) is 31.7 Å². The van der Waals surface area contributed by atoms with Crippen LogP contribution in [-0.2, 0) is 33.0 Å². The second-order valence-corrected chi connectivity index (χ2v) is 9.48. The predicted molar refractivity (Wildman–Crippen MR) is 122 cm³/mol. The van der Waals surface area contributed by atoms with Crippen molar-refractivity contribution in [2.45, 2.75) is 44.8 Å². The average Bonchev–Trinajstić information content (AvgIpc) is 3.36. The van der Waals surface area contributed by atoms with Gasteiger partial charge in [0.1, 0.15) is 10.6 Å². The first kappa shape index (κ1) is 22.6. The molecule has 1 aliphatic carbocycles. The summed E-state index contributed by atoms with van der Waals surface area (Å²) in [6.07, 6.45) is 2.81. The summed E-state index contributed by atoms with van der Waals surface area (Å²) >= 11 is 1.54. The van der Waals surface area contributed by atoms with Crippen LogP contribution in [0.2, 0.25) is 0 Å². The first-order valence-corrected chi connectivity index (χ1v) is 11.6. The molecular formula is C23H22F3N5O2S. The minimum atomic E-state index is -4.71. The van der Waals surface area contributed by atoms with E-state index in [1.54, 1.807) is 45.2 Å². The summed E-state index contributed by atoms with van der Waals surface area (Å²) in [5.41, 5.74) is 2.67. The molecule has 3 aromatic heterocycles. The van der Waals surface area contributed by atoms with Crippen molar-refractivity contribution in [1.82, 2.24) is 24.6 Å². The molecule has 5 rings (SSSR count). The second kappa shape index (κ2) is 8.88. The van der Waals surface area contributed by atoms with Gasteiger partial charge in [0.05, 0.1) is 24.5 Å². The molecule has 0 saturated heterocycles. The van der Waals surface area contributed by atoms with Crippen LogP contribution in [0.3, 0.4) is 0 Å². The van der Waals surface area contributed by atoms with Gasteiger partial charge in [-0.15, -0.1) is 24.5 Å². The molecule has 3 heterocycles. The molecule has 0 unspecified atom stereocenters. The van der Waals surface area contributed by atoms with E-state index in [9.17, 15) is 18.0 Å². The van der Waals surface area contributed by atoms with Crippen molar-refractivity contribution in [3.63, 3.8) is 0 Å². The largest absolute Gasteiger partial charge is 0.573 e. The molecule has 4 aromatic rings. The van der Waals surface area contributed by atoms with Crippen LogP contribution < -0.4 is 15.6 Å². The maximum absolute atomic E-state index is 13.2. The van der Waals surface area contributed by atoms with Crippen molar-refractivity contribution in [1.29, 1.82) is 0 Å². The zero-order valence-corrected chi connectivity index (χ0v) is 19.1. The van der Waals surface area contributed by atoms with Crippen molar-refractivity contribution in [2.75, 3.05) is 0 Å². The van der Waals surface area contributed by atoms with Crippen LogP contribution in [0, 0.1) is 0 Å². The van der Waals surface area contributed by atoms with Crippen LogP contribution in [0.4, 0.5) is 13.2 Å². The van der Waals surface area contributed by atoms with E-state index in [0.29, 0.717) is 24.0 Å². The summed E-state index contributed by atoms with van der Waals surface area (Å²) in [5.74, 6) is -0.226. The van der Waals surface area contributed by atoms with Crippen LogP contribution in [0.5, 0.6) is 5.75 Å². The number of nitrogens with one attached hydrogen (secondary N) is 1. The number of ether oxygens (including phenoxy) is 1. The van der Waals surface area contributed by atoms with Crippen molar-refractivity contribution < 1.29 is 17.9 Å². The number of halogens is 3. The predicted octanol–water partition coefficient (Wildman–Crippen LogP) is 3.79. The summed E-state index contributed by atoms with van der Waals surface area (Å²) in [6, 6.07) is 6.15. The Morgan fingerprint density at radius 3 is 2.91 bits per heavy atom. The van der Waals surface area contributed by atoms with Gasteiger partial charge in [0.25, 0.3) is 5.56 Å². The monoisotopic (exact) mass is 489 g/mol. The van der Waals surface area contributed by atoms with Crippen molar-refractivity contribution in [2.24, 2.45) is 7.05 Å². The maximum Gasteiger partial charge on any atom is 0.573 e. The number of aromatic nitrogens is 4. The van der Waals surface area contributed by atoms with Gasteiger partial charge >= 0.3 is 6.36 Å². The lowest BCUT2D eigenvalue weighted by Crippen LogP contribution is -2.33. The Labute approximate surface area is 196 Å². The van der Waals surface area contributed by atoms with Gasteiger partial charge in [0.2, 0.25) is 0 Å². The molecule has 1 atom stereocenters. The molecule has 0 spiro atoms. The Hall–Kier alpha value is -3.18. The van der Waals surface area contributed by atoms with Gasteiger partial charge in [-0.25, -0.2) is 4.98 Å². The van der Waals surface area contributed by atoms with E-state index in [1.807, 2.05) is 13.2 Å². The molecule has 0 fully saturated rings.